The molecule has 60 valence electrons. The quantitative estimate of drug-likeness (QED) is 0.570. The number of hydrogen-bond donors (Lipinski definition) is 2. The molecule has 0 saturated carbocycles. The van der Waals surface area contributed by atoms with Gasteiger partial charge in [-0.3, -0.25) is 0 Å². The molecule has 0 heterocycles. The molecule has 2 N–H and O–H groups in total. The fraction of sp³-hybridized carbons (Fsp3) is 0.750. The predicted octanol–water partition coefficient (Wildman–Crippen LogP) is 0.777. The Bertz CT molecular complexity index is 101. The average molecular weight is 143 g/mol. The van der Waals surface area contributed by atoms with Crippen LogP contribution >= 0.6 is 0 Å². The van der Waals surface area contributed by atoms with Gasteiger partial charge in [0.1, 0.15) is 0 Å². The van der Waals surface area contributed by atoms with E-state index < -0.39 is 6.10 Å². The summed E-state index contributed by atoms with van der Waals surface area (Å²) in [7, 11) is 1.84. The second-order valence-electron chi connectivity index (χ2n) is 2.78. The van der Waals surface area contributed by atoms with Crippen LogP contribution in [0.1, 0.15) is 13.8 Å². The highest BCUT2D eigenvalue weighted by atomic mass is 16.3. The van der Waals surface area contributed by atoms with E-state index in [1.54, 1.807) is 6.08 Å². The van der Waals surface area contributed by atoms with Crippen molar-refractivity contribution in [2.45, 2.75) is 26.0 Å². The molecule has 2 nitrogen and oxygen atoms in total. The van der Waals surface area contributed by atoms with E-state index in [1.807, 2.05) is 7.05 Å². The van der Waals surface area contributed by atoms with E-state index in [2.05, 4.69) is 25.7 Å². The SMILES string of the molecule is C=C[C@H](O)[C@@H](NC)C(C)C. The van der Waals surface area contributed by atoms with Crippen LogP contribution < -0.4 is 5.32 Å². The second kappa shape index (κ2) is 4.47. The van der Waals surface area contributed by atoms with Crippen LogP contribution in [-0.2, 0) is 0 Å². The molecule has 0 amide bonds. The summed E-state index contributed by atoms with van der Waals surface area (Å²) in [6.07, 6.45) is 1.12. The van der Waals surface area contributed by atoms with Crippen LogP contribution in [0.5, 0.6) is 0 Å². The van der Waals surface area contributed by atoms with E-state index in [1.165, 1.54) is 0 Å². The first kappa shape index (κ1) is 9.66. The minimum absolute atomic E-state index is 0.123. The van der Waals surface area contributed by atoms with Crippen LogP contribution in [0.25, 0.3) is 0 Å². The van der Waals surface area contributed by atoms with E-state index in [0.717, 1.165) is 0 Å². The lowest BCUT2D eigenvalue weighted by molar-refractivity contribution is 0.151. The molecule has 0 radical (unpaired) electrons. The maximum Gasteiger partial charge on any atom is 0.0873 e. The van der Waals surface area contributed by atoms with Gasteiger partial charge in [0.15, 0.2) is 0 Å². The standard InChI is InChI=1S/C8H17NO/c1-5-7(10)8(9-4)6(2)3/h5-10H,1H2,2-4H3/t7-,8-/m0/s1. The molecule has 0 aliphatic heterocycles. The lowest BCUT2D eigenvalue weighted by Crippen LogP contribution is -2.40. The summed E-state index contributed by atoms with van der Waals surface area (Å²) >= 11 is 0. The molecule has 0 rings (SSSR count). The van der Waals surface area contributed by atoms with E-state index in [4.69, 9.17) is 0 Å². The normalized spacial score (nSPS) is 16.9. The minimum atomic E-state index is -0.440. The van der Waals surface area contributed by atoms with Crippen molar-refractivity contribution in [3.05, 3.63) is 12.7 Å². The maximum absolute atomic E-state index is 9.31. The summed E-state index contributed by atoms with van der Waals surface area (Å²) in [4.78, 5) is 0. The monoisotopic (exact) mass is 143 g/mol. The fourth-order valence-electron chi connectivity index (χ4n) is 1.05. The van der Waals surface area contributed by atoms with Crippen LogP contribution in [0.3, 0.4) is 0 Å². The number of hydrogen-bond acceptors (Lipinski definition) is 2. The molecule has 0 aromatic carbocycles. The molecule has 0 unspecified atom stereocenters. The lowest BCUT2D eigenvalue weighted by Gasteiger charge is -2.23. The third-order valence-corrected chi connectivity index (χ3v) is 1.66. The summed E-state index contributed by atoms with van der Waals surface area (Å²) in [5, 5.41) is 12.3. The van der Waals surface area contributed by atoms with Crippen LogP contribution in [-0.4, -0.2) is 24.3 Å². The molecule has 0 aliphatic carbocycles. The van der Waals surface area contributed by atoms with Crippen LogP contribution in [0.15, 0.2) is 12.7 Å². The predicted molar refractivity (Wildman–Crippen MR) is 43.9 cm³/mol. The van der Waals surface area contributed by atoms with Gasteiger partial charge >= 0.3 is 0 Å². The van der Waals surface area contributed by atoms with Gasteiger partial charge in [-0.05, 0) is 13.0 Å². The Labute approximate surface area is 62.9 Å². The molecule has 0 bridgehead atoms. The third-order valence-electron chi connectivity index (χ3n) is 1.66. The fourth-order valence-corrected chi connectivity index (χ4v) is 1.05. The first-order valence-electron chi connectivity index (χ1n) is 3.61. The van der Waals surface area contributed by atoms with Gasteiger partial charge < -0.3 is 10.4 Å². The van der Waals surface area contributed by atoms with E-state index in [9.17, 15) is 5.11 Å². The Morgan fingerprint density at radius 2 is 2.00 bits per heavy atom. The highest BCUT2D eigenvalue weighted by Gasteiger charge is 2.16. The molecular weight excluding hydrogens is 126 g/mol. The molecule has 0 fully saturated rings. The topological polar surface area (TPSA) is 32.3 Å². The van der Waals surface area contributed by atoms with Crippen molar-refractivity contribution < 1.29 is 5.11 Å². The number of nitrogens with one attached hydrogen (secondary N) is 1. The maximum atomic E-state index is 9.31. The smallest absolute Gasteiger partial charge is 0.0873 e. The molecule has 0 aromatic heterocycles. The average Bonchev–Trinajstić information content (AvgIpc) is 1.88. The van der Waals surface area contributed by atoms with Crippen LogP contribution in [0.4, 0.5) is 0 Å². The summed E-state index contributed by atoms with van der Waals surface area (Å²) in [5.74, 6) is 0.429. The van der Waals surface area contributed by atoms with Gasteiger partial charge in [0.2, 0.25) is 0 Å². The van der Waals surface area contributed by atoms with Crippen LogP contribution in [0.2, 0.25) is 0 Å². The zero-order valence-corrected chi connectivity index (χ0v) is 6.96. The molecule has 10 heavy (non-hydrogen) atoms. The van der Waals surface area contributed by atoms with Crippen molar-refractivity contribution in [3.8, 4) is 0 Å². The molecule has 2 heteroatoms. The molecule has 0 spiro atoms. The van der Waals surface area contributed by atoms with Crippen molar-refractivity contribution in [1.82, 2.24) is 5.32 Å². The van der Waals surface area contributed by atoms with Gasteiger partial charge in [0.05, 0.1) is 6.10 Å². The molecule has 0 aliphatic rings. The summed E-state index contributed by atoms with van der Waals surface area (Å²) in [6.45, 7) is 7.65. The Kier molecular flexibility index (Phi) is 4.32. The molecular formula is C8H17NO. The molecule has 2 atom stereocenters. The van der Waals surface area contributed by atoms with Gasteiger partial charge in [-0.15, -0.1) is 6.58 Å². The highest BCUT2D eigenvalue weighted by molar-refractivity contribution is 4.89. The minimum Gasteiger partial charge on any atom is -0.387 e. The number of aliphatic hydroxyl groups excluding tert-OH is 1. The molecule has 0 saturated heterocycles. The Morgan fingerprint density at radius 3 is 2.10 bits per heavy atom. The summed E-state index contributed by atoms with van der Waals surface area (Å²) in [6, 6.07) is 0.123. The largest absolute Gasteiger partial charge is 0.387 e. The van der Waals surface area contributed by atoms with Gasteiger partial charge in [-0.1, -0.05) is 19.9 Å². The van der Waals surface area contributed by atoms with Crippen molar-refractivity contribution >= 4 is 0 Å². The number of aliphatic hydroxyl groups is 1. The zero-order valence-electron chi connectivity index (χ0n) is 6.96. The van der Waals surface area contributed by atoms with Crippen molar-refractivity contribution in [2.24, 2.45) is 5.92 Å². The van der Waals surface area contributed by atoms with Crippen molar-refractivity contribution in [3.63, 3.8) is 0 Å². The van der Waals surface area contributed by atoms with Gasteiger partial charge in [-0.25, -0.2) is 0 Å². The lowest BCUT2D eigenvalue weighted by atomic mass is 9.99. The molecule has 0 aromatic rings. The van der Waals surface area contributed by atoms with Gasteiger partial charge in [0, 0.05) is 6.04 Å². The van der Waals surface area contributed by atoms with E-state index in [-0.39, 0.29) is 6.04 Å². The van der Waals surface area contributed by atoms with E-state index in [0.29, 0.717) is 5.92 Å². The third kappa shape index (κ3) is 2.50. The Hall–Kier alpha value is -0.340. The summed E-state index contributed by atoms with van der Waals surface area (Å²) < 4.78 is 0. The zero-order chi connectivity index (χ0) is 8.15. The first-order chi connectivity index (χ1) is 4.63. The Balaban J connectivity index is 3.92. The van der Waals surface area contributed by atoms with Crippen molar-refractivity contribution in [1.29, 1.82) is 0 Å². The number of rotatable bonds is 4. The van der Waals surface area contributed by atoms with Crippen molar-refractivity contribution in [2.75, 3.05) is 7.05 Å². The number of likely N-dealkylation sites (N-methyl/N-ethyl adjacent to an activating group) is 1. The Morgan fingerprint density at radius 1 is 1.50 bits per heavy atom. The highest BCUT2D eigenvalue weighted by Crippen LogP contribution is 2.05. The van der Waals surface area contributed by atoms with Crippen LogP contribution in [0, 0.1) is 5.92 Å². The summed E-state index contributed by atoms with van der Waals surface area (Å²) in [5.41, 5.74) is 0. The first-order valence-corrected chi connectivity index (χ1v) is 3.61. The van der Waals surface area contributed by atoms with E-state index >= 15 is 0 Å². The van der Waals surface area contributed by atoms with Gasteiger partial charge in [0.25, 0.3) is 0 Å². The van der Waals surface area contributed by atoms with Gasteiger partial charge in [-0.2, -0.15) is 0 Å². The second-order valence-corrected chi connectivity index (χ2v) is 2.78.